The number of carbonyl (C=O) groups is 1. The smallest absolute Gasteiger partial charge is 0.258 e. The largest absolute Gasteiger partial charge is 0.509 e. The molecule has 2 aliphatic heterocycles. The van der Waals surface area contributed by atoms with Crippen molar-refractivity contribution in [1.29, 1.82) is 0 Å². The molecule has 1 amide bonds. The number of hydrogen-bond acceptors (Lipinski definition) is 2. The van der Waals surface area contributed by atoms with Gasteiger partial charge in [-0.25, -0.2) is 0 Å². The predicted molar refractivity (Wildman–Crippen MR) is 75.2 cm³/mol. The molecule has 4 heteroatoms. The normalized spacial score (nSPS) is 22.4. The summed E-state index contributed by atoms with van der Waals surface area (Å²) in [5.41, 5.74) is 3.06. The summed E-state index contributed by atoms with van der Waals surface area (Å²) in [7, 11) is 0. The molecule has 0 radical (unpaired) electrons. The van der Waals surface area contributed by atoms with Gasteiger partial charge in [0.1, 0.15) is 5.76 Å². The summed E-state index contributed by atoms with van der Waals surface area (Å²) in [4.78, 5) is 14.2. The van der Waals surface area contributed by atoms with Crippen LogP contribution in [0.2, 0.25) is 5.02 Å². The van der Waals surface area contributed by atoms with Crippen molar-refractivity contribution >= 4 is 23.1 Å². The van der Waals surface area contributed by atoms with Crippen molar-refractivity contribution in [1.82, 2.24) is 4.90 Å². The van der Waals surface area contributed by atoms with Crippen LogP contribution in [0.1, 0.15) is 29.5 Å². The summed E-state index contributed by atoms with van der Waals surface area (Å²) < 4.78 is 0. The second kappa shape index (κ2) is 4.27. The number of carbonyl (C=O) groups excluding carboxylic acids is 1. The Morgan fingerprint density at radius 2 is 2.11 bits per heavy atom. The number of rotatable bonds is 1. The Hall–Kier alpha value is -1.48. The van der Waals surface area contributed by atoms with Crippen molar-refractivity contribution < 1.29 is 9.90 Å². The highest BCUT2D eigenvalue weighted by atomic mass is 35.5. The van der Waals surface area contributed by atoms with Crippen LogP contribution in [0.15, 0.2) is 17.9 Å². The number of aryl methyl sites for hydroxylation is 2. The fraction of sp³-hybridized carbons (Fsp3) is 0.400. The van der Waals surface area contributed by atoms with E-state index in [2.05, 4.69) is 0 Å². The lowest BCUT2D eigenvalue weighted by Crippen LogP contribution is -2.29. The third-order valence-electron chi connectivity index (χ3n) is 3.98. The lowest BCUT2D eigenvalue weighted by atomic mass is 9.97. The maximum atomic E-state index is 12.4. The molecule has 0 saturated carbocycles. The number of aliphatic hydroxyl groups excluding tert-OH is 1. The van der Waals surface area contributed by atoms with Crippen LogP contribution in [0, 0.1) is 13.8 Å². The Morgan fingerprint density at radius 3 is 2.74 bits per heavy atom. The molecule has 1 aromatic rings. The van der Waals surface area contributed by atoms with Gasteiger partial charge in [0.2, 0.25) is 0 Å². The van der Waals surface area contributed by atoms with E-state index in [-0.39, 0.29) is 17.7 Å². The van der Waals surface area contributed by atoms with Gasteiger partial charge < -0.3 is 10.0 Å². The molecule has 1 saturated heterocycles. The maximum absolute atomic E-state index is 12.4. The Kier molecular flexibility index (Phi) is 2.82. The van der Waals surface area contributed by atoms with Gasteiger partial charge >= 0.3 is 0 Å². The van der Waals surface area contributed by atoms with Gasteiger partial charge in [-0.2, -0.15) is 0 Å². The first-order valence-corrected chi connectivity index (χ1v) is 6.89. The summed E-state index contributed by atoms with van der Waals surface area (Å²) in [6.45, 7) is 4.61. The zero-order valence-corrected chi connectivity index (χ0v) is 11.8. The van der Waals surface area contributed by atoms with Crippen LogP contribution in [0.5, 0.6) is 0 Å². The first kappa shape index (κ1) is 12.5. The molecule has 1 aromatic carbocycles. The van der Waals surface area contributed by atoms with Crippen molar-refractivity contribution in [2.75, 3.05) is 6.54 Å². The van der Waals surface area contributed by atoms with E-state index in [9.17, 15) is 9.90 Å². The molecular formula is C15H16ClNO2. The third kappa shape index (κ3) is 1.76. The number of aliphatic hydroxyl groups is 1. The molecule has 3 nitrogen and oxygen atoms in total. The van der Waals surface area contributed by atoms with Crippen molar-refractivity contribution in [2.45, 2.75) is 32.7 Å². The fourth-order valence-electron chi connectivity index (χ4n) is 3.18. The van der Waals surface area contributed by atoms with Crippen LogP contribution in [0.3, 0.4) is 0 Å². The highest BCUT2D eigenvalue weighted by Crippen LogP contribution is 2.40. The molecular weight excluding hydrogens is 262 g/mol. The minimum Gasteiger partial charge on any atom is -0.509 e. The van der Waals surface area contributed by atoms with E-state index >= 15 is 0 Å². The summed E-state index contributed by atoms with van der Waals surface area (Å²) in [6, 6.07) is 3.68. The number of halogens is 1. The van der Waals surface area contributed by atoms with Crippen LogP contribution in [-0.2, 0) is 4.79 Å². The summed E-state index contributed by atoms with van der Waals surface area (Å²) in [5.74, 6) is 0.102. The molecule has 2 aliphatic rings. The van der Waals surface area contributed by atoms with Gasteiger partial charge in [-0.05, 0) is 43.9 Å². The van der Waals surface area contributed by atoms with E-state index in [1.807, 2.05) is 26.0 Å². The third-order valence-corrected chi connectivity index (χ3v) is 4.28. The van der Waals surface area contributed by atoms with Crippen molar-refractivity contribution in [3.8, 4) is 0 Å². The number of amides is 1. The van der Waals surface area contributed by atoms with Crippen LogP contribution in [0.4, 0.5) is 0 Å². The van der Waals surface area contributed by atoms with E-state index in [4.69, 9.17) is 11.6 Å². The van der Waals surface area contributed by atoms with Crippen LogP contribution >= 0.6 is 11.6 Å². The molecule has 1 fully saturated rings. The average molecular weight is 278 g/mol. The zero-order valence-electron chi connectivity index (χ0n) is 11.0. The van der Waals surface area contributed by atoms with E-state index < -0.39 is 0 Å². The Morgan fingerprint density at radius 1 is 1.37 bits per heavy atom. The first-order chi connectivity index (χ1) is 9.00. The number of fused-ring (bicyclic) bond motifs is 1. The van der Waals surface area contributed by atoms with Gasteiger partial charge in [0, 0.05) is 17.1 Å². The molecule has 3 rings (SSSR count). The van der Waals surface area contributed by atoms with Crippen molar-refractivity contribution in [3.05, 3.63) is 39.6 Å². The molecule has 0 bridgehead atoms. The Bertz CT molecular complexity index is 583. The molecule has 2 heterocycles. The number of hydrogen-bond donors (Lipinski definition) is 1. The maximum Gasteiger partial charge on any atom is 0.258 e. The standard InChI is InChI=1S/C15H16ClNO2/c1-8-6-9(2)12(10(16)7-8)13-14(18)11-4-3-5-17(11)15(13)19/h6-7,11,18H,3-5H2,1-2H3. The van der Waals surface area contributed by atoms with Crippen LogP contribution < -0.4 is 0 Å². The fourth-order valence-corrected chi connectivity index (χ4v) is 3.60. The molecule has 1 unspecified atom stereocenters. The Balaban J connectivity index is 2.17. The highest BCUT2D eigenvalue weighted by molar-refractivity contribution is 6.35. The molecule has 1 atom stereocenters. The lowest BCUT2D eigenvalue weighted by Gasteiger charge is -2.15. The van der Waals surface area contributed by atoms with E-state index in [0.29, 0.717) is 16.2 Å². The van der Waals surface area contributed by atoms with Crippen molar-refractivity contribution in [3.63, 3.8) is 0 Å². The second-order valence-corrected chi connectivity index (χ2v) is 5.76. The van der Waals surface area contributed by atoms with Gasteiger partial charge in [-0.1, -0.05) is 17.7 Å². The molecule has 0 aliphatic carbocycles. The topological polar surface area (TPSA) is 40.5 Å². The quantitative estimate of drug-likeness (QED) is 0.856. The molecule has 100 valence electrons. The second-order valence-electron chi connectivity index (χ2n) is 5.36. The lowest BCUT2D eigenvalue weighted by molar-refractivity contribution is -0.124. The molecule has 0 aromatic heterocycles. The highest BCUT2D eigenvalue weighted by Gasteiger charge is 2.43. The number of nitrogens with zero attached hydrogens (tertiary/aromatic N) is 1. The van der Waals surface area contributed by atoms with Gasteiger partial charge in [0.05, 0.1) is 11.6 Å². The zero-order chi connectivity index (χ0) is 13.7. The van der Waals surface area contributed by atoms with E-state index in [1.165, 1.54) is 0 Å². The molecule has 0 spiro atoms. The molecule has 19 heavy (non-hydrogen) atoms. The first-order valence-electron chi connectivity index (χ1n) is 6.52. The Labute approximate surface area is 117 Å². The minimum atomic E-state index is -0.140. The van der Waals surface area contributed by atoms with Crippen LogP contribution in [0.25, 0.3) is 5.57 Å². The molecule has 1 N–H and O–H groups in total. The number of benzene rings is 1. The minimum absolute atomic E-state index is 0.0890. The van der Waals surface area contributed by atoms with E-state index in [1.54, 1.807) is 4.90 Å². The van der Waals surface area contributed by atoms with Gasteiger partial charge in [0.25, 0.3) is 5.91 Å². The van der Waals surface area contributed by atoms with Gasteiger partial charge in [0.15, 0.2) is 0 Å². The van der Waals surface area contributed by atoms with Crippen LogP contribution in [-0.4, -0.2) is 28.5 Å². The van der Waals surface area contributed by atoms with E-state index in [0.717, 1.165) is 30.5 Å². The van der Waals surface area contributed by atoms with Gasteiger partial charge in [-0.15, -0.1) is 0 Å². The monoisotopic (exact) mass is 277 g/mol. The predicted octanol–water partition coefficient (Wildman–Crippen LogP) is 3.23. The summed E-state index contributed by atoms with van der Waals surface area (Å²) >= 11 is 6.29. The van der Waals surface area contributed by atoms with Gasteiger partial charge in [-0.3, -0.25) is 4.79 Å². The summed E-state index contributed by atoms with van der Waals surface area (Å²) in [6.07, 6.45) is 1.79. The summed E-state index contributed by atoms with van der Waals surface area (Å²) in [5, 5.41) is 10.9. The average Bonchev–Trinajstić information content (AvgIpc) is 2.87. The van der Waals surface area contributed by atoms with Crippen molar-refractivity contribution in [2.24, 2.45) is 0 Å². The SMILES string of the molecule is Cc1cc(C)c(C2=C(O)C3CCCN3C2=O)c(Cl)c1.